The van der Waals surface area contributed by atoms with Gasteiger partial charge in [0, 0.05) is 13.0 Å². The number of ether oxygens (including phenoxy) is 1. The third kappa shape index (κ3) is 2.87. The highest BCUT2D eigenvalue weighted by Gasteiger charge is 2.44. The zero-order valence-corrected chi connectivity index (χ0v) is 11.3. The summed E-state index contributed by atoms with van der Waals surface area (Å²) in [7, 11) is 2.95. The van der Waals surface area contributed by atoms with E-state index in [2.05, 4.69) is 10.1 Å². The van der Waals surface area contributed by atoms with Crippen molar-refractivity contribution in [1.29, 1.82) is 0 Å². The van der Waals surface area contributed by atoms with Crippen molar-refractivity contribution in [2.45, 2.75) is 32.7 Å². The van der Waals surface area contributed by atoms with E-state index in [1.54, 1.807) is 20.9 Å². The molecule has 1 atom stereocenters. The SMILES string of the molecule is CNC(CCN1C(=O)CC(C)(C)C1=O)C(=O)OC. The van der Waals surface area contributed by atoms with Gasteiger partial charge in [0.15, 0.2) is 0 Å². The second-order valence-corrected chi connectivity index (χ2v) is 5.06. The minimum atomic E-state index is -0.627. The van der Waals surface area contributed by atoms with Crippen LogP contribution in [0.25, 0.3) is 0 Å². The first-order valence-electron chi connectivity index (χ1n) is 5.93. The Balaban J connectivity index is 2.61. The van der Waals surface area contributed by atoms with E-state index in [4.69, 9.17) is 0 Å². The van der Waals surface area contributed by atoms with Gasteiger partial charge in [-0.3, -0.25) is 19.3 Å². The minimum Gasteiger partial charge on any atom is -0.468 e. The van der Waals surface area contributed by atoms with Crippen LogP contribution < -0.4 is 5.32 Å². The first-order valence-corrected chi connectivity index (χ1v) is 5.93. The number of methoxy groups -OCH3 is 1. The van der Waals surface area contributed by atoms with Crippen LogP contribution in [-0.4, -0.2) is 49.4 Å². The Kier molecular flexibility index (Phi) is 4.45. The Bertz CT molecular complexity index is 365. The minimum absolute atomic E-state index is 0.174. The summed E-state index contributed by atoms with van der Waals surface area (Å²) in [5.74, 6) is -0.743. The second kappa shape index (κ2) is 5.48. The quantitative estimate of drug-likeness (QED) is 0.550. The summed E-state index contributed by atoms with van der Waals surface area (Å²) in [4.78, 5) is 36.2. The molecule has 6 nitrogen and oxygen atoms in total. The fourth-order valence-electron chi connectivity index (χ4n) is 2.03. The van der Waals surface area contributed by atoms with Crippen LogP contribution in [0.5, 0.6) is 0 Å². The number of amides is 2. The largest absolute Gasteiger partial charge is 0.468 e. The zero-order valence-electron chi connectivity index (χ0n) is 11.3. The van der Waals surface area contributed by atoms with Gasteiger partial charge in [-0.25, -0.2) is 0 Å². The standard InChI is InChI=1S/C12H20N2O4/c1-12(2)7-9(15)14(11(12)17)6-5-8(13-3)10(16)18-4/h8,13H,5-7H2,1-4H3. The number of rotatable bonds is 5. The van der Waals surface area contributed by atoms with Gasteiger partial charge in [-0.1, -0.05) is 13.8 Å². The molecule has 0 saturated carbocycles. The van der Waals surface area contributed by atoms with E-state index >= 15 is 0 Å². The van der Waals surface area contributed by atoms with Crippen LogP contribution in [0.15, 0.2) is 0 Å². The van der Waals surface area contributed by atoms with E-state index in [1.165, 1.54) is 12.0 Å². The lowest BCUT2D eigenvalue weighted by molar-refractivity contribution is -0.145. The molecule has 18 heavy (non-hydrogen) atoms. The monoisotopic (exact) mass is 256 g/mol. The lowest BCUT2D eigenvalue weighted by Crippen LogP contribution is -2.41. The van der Waals surface area contributed by atoms with Gasteiger partial charge in [0.1, 0.15) is 6.04 Å². The molecule has 0 aromatic carbocycles. The zero-order chi connectivity index (χ0) is 13.9. The Morgan fingerprint density at radius 3 is 2.50 bits per heavy atom. The topological polar surface area (TPSA) is 75.7 Å². The summed E-state index contributed by atoms with van der Waals surface area (Å²) in [5.41, 5.74) is -0.627. The van der Waals surface area contributed by atoms with Crippen LogP contribution in [0.2, 0.25) is 0 Å². The molecule has 1 rings (SSSR count). The average molecular weight is 256 g/mol. The summed E-state index contributed by atoms with van der Waals surface area (Å²) in [6.07, 6.45) is 0.588. The number of esters is 1. The van der Waals surface area contributed by atoms with Crippen LogP contribution in [0.4, 0.5) is 0 Å². The predicted molar refractivity (Wildman–Crippen MR) is 64.6 cm³/mol. The highest BCUT2D eigenvalue weighted by molar-refractivity contribution is 6.05. The van der Waals surface area contributed by atoms with Crippen molar-refractivity contribution in [3.05, 3.63) is 0 Å². The fraction of sp³-hybridized carbons (Fsp3) is 0.750. The van der Waals surface area contributed by atoms with Crippen molar-refractivity contribution >= 4 is 17.8 Å². The molecule has 1 fully saturated rings. The van der Waals surface area contributed by atoms with Crippen LogP contribution in [0.3, 0.4) is 0 Å². The molecule has 1 saturated heterocycles. The molecule has 0 spiro atoms. The molecule has 6 heteroatoms. The van der Waals surface area contributed by atoms with Crippen molar-refractivity contribution in [3.8, 4) is 0 Å². The van der Waals surface area contributed by atoms with Crippen molar-refractivity contribution in [2.75, 3.05) is 20.7 Å². The smallest absolute Gasteiger partial charge is 0.322 e. The van der Waals surface area contributed by atoms with Crippen molar-refractivity contribution < 1.29 is 19.1 Å². The Hall–Kier alpha value is -1.43. The Labute approximate surface area is 107 Å². The molecular weight excluding hydrogens is 236 g/mol. The van der Waals surface area contributed by atoms with E-state index in [9.17, 15) is 14.4 Å². The summed E-state index contributed by atoms with van der Waals surface area (Å²) in [5, 5.41) is 2.80. The third-order valence-electron chi connectivity index (χ3n) is 3.19. The van der Waals surface area contributed by atoms with Gasteiger partial charge in [-0.15, -0.1) is 0 Å². The number of nitrogens with one attached hydrogen (secondary N) is 1. The van der Waals surface area contributed by atoms with Gasteiger partial charge < -0.3 is 10.1 Å². The van der Waals surface area contributed by atoms with Gasteiger partial charge >= 0.3 is 5.97 Å². The average Bonchev–Trinajstić information content (AvgIpc) is 2.50. The first kappa shape index (κ1) is 14.6. The van der Waals surface area contributed by atoms with E-state index in [0.717, 1.165) is 0 Å². The lowest BCUT2D eigenvalue weighted by Gasteiger charge is -2.20. The van der Waals surface area contributed by atoms with Crippen molar-refractivity contribution in [3.63, 3.8) is 0 Å². The predicted octanol–water partition coefficient (Wildman–Crippen LogP) is -0.0774. The van der Waals surface area contributed by atoms with E-state index < -0.39 is 17.4 Å². The fourth-order valence-corrected chi connectivity index (χ4v) is 2.03. The Morgan fingerprint density at radius 1 is 1.50 bits per heavy atom. The molecule has 1 heterocycles. The highest BCUT2D eigenvalue weighted by atomic mass is 16.5. The maximum Gasteiger partial charge on any atom is 0.322 e. The van der Waals surface area contributed by atoms with Gasteiger partial charge in [0.05, 0.1) is 12.5 Å². The van der Waals surface area contributed by atoms with Gasteiger partial charge in [0.2, 0.25) is 11.8 Å². The number of likely N-dealkylation sites (tertiary alicyclic amines) is 1. The number of hydrogen-bond acceptors (Lipinski definition) is 5. The molecule has 0 aliphatic carbocycles. The van der Waals surface area contributed by atoms with E-state index in [0.29, 0.717) is 6.42 Å². The Morgan fingerprint density at radius 2 is 2.11 bits per heavy atom. The molecule has 0 aromatic rings. The van der Waals surface area contributed by atoms with Crippen LogP contribution in [0, 0.1) is 5.41 Å². The summed E-state index contributed by atoms with van der Waals surface area (Å²) >= 11 is 0. The molecule has 1 unspecified atom stereocenters. The number of nitrogens with zero attached hydrogens (tertiary/aromatic N) is 1. The lowest BCUT2D eigenvalue weighted by atomic mass is 9.92. The van der Waals surface area contributed by atoms with Gasteiger partial charge in [-0.05, 0) is 13.5 Å². The normalized spacial score (nSPS) is 20.1. The third-order valence-corrected chi connectivity index (χ3v) is 3.19. The summed E-state index contributed by atoms with van der Waals surface area (Å²) in [6.45, 7) is 3.74. The van der Waals surface area contributed by atoms with Crippen LogP contribution in [-0.2, 0) is 19.1 Å². The molecule has 0 bridgehead atoms. The van der Waals surface area contributed by atoms with Gasteiger partial charge in [-0.2, -0.15) is 0 Å². The molecule has 1 aliphatic rings. The molecule has 0 radical (unpaired) electrons. The van der Waals surface area contributed by atoms with Crippen molar-refractivity contribution in [1.82, 2.24) is 10.2 Å². The molecule has 1 aliphatic heterocycles. The second-order valence-electron chi connectivity index (χ2n) is 5.06. The van der Waals surface area contributed by atoms with Gasteiger partial charge in [0.25, 0.3) is 0 Å². The van der Waals surface area contributed by atoms with Crippen molar-refractivity contribution in [2.24, 2.45) is 5.41 Å². The summed E-state index contributed by atoms with van der Waals surface area (Å²) in [6, 6.07) is -0.501. The van der Waals surface area contributed by atoms with E-state index in [1.807, 2.05) is 0 Å². The van der Waals surface area contributed by atoms with E-state index in [-0.39, 0.29) is 24.8 Å². The van der Waals surface area contributed by atoms with Crippen LogP contribution >= 0.6 is 0 Å². The molecule has 1 N–H and O–H groups in total. The number of carbonyl (C=O) groups is 3. The van der Waals surface area contributed by atoms with Crippen LogP contribution in [0.1, 0.15) is 26.7 Å². The number of imide groups is 1. The molecule has 102 valence electrons. The maximum absolute atomic E-state index is 11.9. The molecule has 2 amide bonds. The number of likely N-dealkylation sites (N-methyl/N-ethyl adjacent to an activating group) is 1. The number of hydrogen-bond donors (Lipinski definition) is 1. The number of carbonyl (C=O) groups excluding carboxylic acids is 3. The highest BCUT2D eigenvalue weighted by Crippen LogP contribution is 2.31. The molecular formula is C12H20N2O4. The molecule has 0 aromatic heterocycles. The first-order chi connectivity index (χ1) is 8.33. The maximum atomic E-state index is 11.9. The summed E-state index contributed by atoms with van der Waals surface area (Å²) < 4.78 is 4.62.